The Hall–Kier alpha value is -1.42. The summed E-state index contributed by atoms with van der Waals surface area (Å²) in [4.78, 5) is 6.61. The van der Waals surface area contributed by atoms with E-state index in [2.05, 4.69) is 41.4 Å². The summed E-state index contributed by atoms with van der Waals surface area (Å²) < 4.78 is 16.1. The molecule has 0 fully saturated rings. The van der Waals surface area contributed by atoms with Crippen LogP contribution < -0.4 is 24.8 Å². The van der Waals surface area contributed by atoms with Gasteiger partial charge in [0.15, 0.2) is 17.5 Å². The summed E-state index contributed by atoms with van der Waals surface area (Å²) >= 11 is 0. The second-order valence-corrected chi connectivity index (χ2v) is 6.12. The van der Waals surface area contributed by atoms with E-state index in [-0.39, 0.29) is 24.0 Å². The summed E-state index contributed by atoms with van der Waals surface area (Å²) in [6.07, 6.45) is 1.14. The standard InChI is InChI=1S/C19H34N4O3.HI/c1-8-14(2)23(4)10-9-21-19(20-3)22-13-15-11-16(24-5)18(26-7)17(12-15)25-6;/h11-12,14H,8-10,13H2,1-7H3,(H2,20,21,22);1H. The number of guanidine groups is 1. The molecule has 0 aromatic heterocycles. The lowest BCUT2D eigenvalue weighted by Gasteiger charge is -2.24. The SMILES string of the molecule is CCC(C)N(C)CCNC(=NC)NCc1cc(OC)c(OC)c(OC)c1.I. The van der Waals surface area contributed by atoms with Crippen molar-refractivity contribution in [1.29, 1.82) is 0 Å². The van der Waals surface area contributed by atoms with Crippen LogP contribution in [0, 0.1) is 0 Å². The molecule has 1 aromatic rings. The molecule has 0 aliphatic carbocycles. The molecule has 0 bridgehead atoms. The van der Waals surface area contributed by atoms with Gasteiger partial charge in [0.05, 0.1) is 21.3 Å². The van der Waals surface area contributed by atoms with Gasteiger partial charge in [-0.2, -0.15) is 0 Å². The van der Waals surface area contributed by atoms with E-state index in [1.165, 1.54) is 0 Å². The normalized spacial score (nSPS) is 12.2. The summed E-state index contributed by atoms with van der Waals surface area (Å²) in [6, 6.07) is 4.43. The van der Waals surface area contributed by atoms with E-state index in [4.69, 9.17) is 14.2 Å². The van der Waals surface area contributed by atoms with Crippen LogP contribution in [0.25, 0.3) is 0 Å². The molecule has 1 aromatic carbocycles. The van der Waals surface area contributed by atoms with E-state index < -0.39 is 0 Å². The molecule has 0 spiro atoms. The Morgan fingerprint density at radius 2 is 1.70 bits per heavy atom. The summed E-state index contributed by atoms with van der Waals surface area (Å²) in [5.41, 5.74) is 1.01. The summed E-state index contributed by atoms with van der Waals surface area (Å²) in [6.45, 7) is 6.82. The highest BCUT2D eigenvalue weighted by atomic mass is 127. The highest BCUT2D eigenvalue weighted by Crippen LogP contribution is 2.38. The van der Waals surface area contributed by atoms with Gasteiger partial charge in [0.25, 0.3) is 0 Å². The fourth-order valence-electron chi connectivity index (χ4n) is 2.53. The molecule has 7 nitrogen and oxygen atoms in total. The number of rotatable bonds is 10. The van der Waals surface area contributed by atoms with Crippen molar-refractivity contribution in [2.45, 2.75) is 32.9 Å². The topological polar surface area (TPSA) is 67.4 Å². The molecule has 0 radical (unpaired) electrons. The Balaban J connectivity index is 0.00000676. The van der Waals surface area contributed by atoms with Gasteiger partial charge in [-0.25, -0.2) is 0 Å². The third kappa shape index (κ3) is 8.00. The van der Waals surface area contributed by atoms with Crippen LogP contribution in [0.2, 0.25) is 0 Å². The van der Waals surface area contributed by atoms with Crippen LogP contribution in [0.5, 0.6) is 17.2 Å². The second-order valence-electron chi connectivity index (χ2n) is 6.12. The maximum absolute atomic E-state index is 5.39. The van der Waals surface area contributed by atoms with Crippen molar-refractivity contribution < 1.29 is 14.2 Å². The molecule has 0 amide bonds. The molecule has 1 unspecified atom stereocenters. The zero-order chi connectivity index (χ0) is 19.5. The number of hydrogen-bond donors (Lipinski definition) is 2. The molecule has 1 atom stereocenters. The predicted molar refractivity (Wildman–Crippen MR) is 122 cm³/mol. The summed E-state index contributed by atoms with van der Waals surface area (Å²) in [5, 5.41) is 6.65. The summed E-state index contributed by atoms with van der Waals surface area (Å²) in [5.74, 6) is 2.63. The molecule has 8 heteroatoms. The van der Waals surface area contributed by atoms with E-state index >= 15 is 0 Å². The zero-order valence-electron chi connectivity index (χ0n) is 17.6. The van der Waals surface area contributed by atoms with Gasteiger partial charge >= 0.3 is 0 Å². The minimum absolute atomic E-state index is 0. The van der Waals surface area contributed by atoms with Gasteiger partial charge in [0.1, 0.15) is 0 Å². The molecule has 0 saturated carbocycles. The molecule has 0 saturated heterocycles. The fourth-order valence-corrected chi connectivity index (χ4v) is 2.53. The molecular weight excluding hydrogens is 459 g/mol. The van der Waals surface area contributed by atoms with Gasteiger partial charge in [0, 0.05) is 32.7 Å². The lowest BCUT2D eigenvalue weighted by atomic mass is 10.2. The van der Waals surface area contributed by atoms with Gasteiger partial charge in [-0.1, -0.05) is 6.92 Å². The third-order valence-electron chi connectivity index (χ3n) is 4.51. The maximum atomic E-state index is 5.39. The van der Waals surface area contributed by atoms with Crippen LogP contribution in [-0.4, -0.2) is 65.4 Å². The minimum atomic E-state index is 0. The van der Waals surface area contributed by atoms with Crippen LogP contribution in [0.15, 0.2) is 17.1 Å². The Morgan fingerprint density at radius 1 is 1.11 bits per heavy atom. The van der Waals surface area contributed by atoms with Crippen molar-refractivity contribution in [3.05, 3.63) is 17.7 Å². The summed E-state index contributed by atoms with van der Waals surface area (Å²) in [7, 11) is 8.73. The van der Waals surface area contributed by atoms with Gasteiger partial charge in [-0.05, 0) is 38.1 Å². The van der Waals surface area contributed by atoms with Gasteiger partial charge in [0.2, 0.25) is 5.75 Å². The number of nitrogens with one attached hydrogen (secondary N) is 2. The number of nitrogens with zero attached hydrogens (tertiary/aromatic N) is 2. The van der Waals surface area contributed by atoms with Crippen LogP contribution >= 0.6 is 24.0 Å². The average Bonchev–Trinajstić information content (AvgIpc) is 2.68. The van der Waals surface area contributed by atoms with Crippen LogP contribution in [0.3, 0.4) is 0 Å². The van der Waals surface area contributed by atoms with E-state index in [1.54, 1.807) is 28.4 Å². The average molecular weight is 494 g/mol. The molecule has 27 heavy (non-hydrogen) atoms. The Bertz CT molecular complexity index is 559. The van der Waals surface area contributed by atoms with Crippen LogP contribution in [0.4, 0.5) is 0 Å². The Labute approximate surface area is 180 Å². The smallest absolute Gasteiger partial charge is 0.203 e. The van der Waals surface area contributed by atoms with Crippen molar-refractivity contribution in [2.24, 2.45) is 4.99 Å². The van der Waals surface area contributed by atoms with E-state index in [0.29, 0.717) is 29.8 Å². The quantitative estimate of drug-likeness (QED) is 0.296. The van der Waals surface area contributed by atoms with Crippen LogP contribution in [-0.2, 0) is 6.54 Å². The van der Waals surface area contributed by atoms with E-state index in [9.17, 15) is 0 Å². The number of halogens is 1. The maximum Gasteiger partial charge on any atom is 0.203 e. The minimum Gasteiger partial charge on any atom is -0.493 e. The first-order valence-electron chi connectivity index (χ1n) is 8.94. The molecular formula is C19H35IN4O3. The fraction of sp³-hybridized carbons (Fsp3) is 0.632. The number of likely N-dealkylation sites (N-methyl/N-ethyl adjacent to an activating group) is 1. The highest BCUT2D eigenvalue weighted by molar-refractivity contribution is 14.0. The van der Waals surface area contributed by atoms with Crippen molar-refractivity contribution in [3.63, 3.8) is 0 Å². The molecule has 0 heterocycles. The number of hydrogen-bond acceptors (Lipinski definition) is 5. The first kappa shape index (κ1) is 25.6. The molecule has 0 aliphatic rings. The number of benzene rings is 1. The van der Waals surface area contributed by atoms with Crippen LogP contribution in [0.1, 0.15) is 25.8 Å². The zero-order valence-corrected chi connectivity index (χ0v) is 19.9. The van der Waals surface area contributed by atoms with E-state index in [1.807, 2.05) is 12.1 Å². The first-order valence-corrected chi connectivity index (χ1v) is 8.94. The van der Waals surface area contributed by atoms with Gasteiger partial charge in [-0.15, -0.1) is 24.0 Å². The van der Waals surface area contributed by atoms with Gasteiger partial charge < -0.3 is 29.7 Å². The van der Waals surface area contributed by atoms with Crippen molar-refractivity contribution in [1.82, 2.24) is 15.5 Å². The Morgan fingerprint density at radius 3 is 2.15 bits per heavy atom. The number of ether oxygens (including phenoxy) is 3. The third-order valence-corrected chi connectivity index (χ3v) is 4.51. The molecule has 156 valence electrons. The molecule has 0 aliphatic heterocycles. The van der Waals surface area contributed by atoms with Crippen molar-refractivity contribution in [3.8, 4) is 17.2 Å². The number of aliphatic imine (C=N–C) groups is 1. The van der Waals surface area contributed by atoms with Gasteiger partial charge in [-0.3, -0.25) is 4.99 Å². The lowest BCUT2D eigenvalue weighted by molar-refractivity contribution is 0.255. The lowest BCUT2D eigenvalue weighted by Crippen LogP contribution is -2.42. The predicted octanol–water partition coefficient (Wildman–Crippen LogP) is 2.73. The molecule has 2 N–H and O–H groups in total. The number of methoxy groups -OCH3 is 3. The Kier molecular flexibility index (Phi) is 13.0. The van der Waals surface area contributed by atoms with Crippen molar-refractivity contribution in [2.75, 3.05) is 48.5 Å². The molecule has 1 rings (SSSR count). The second kappa shape index (κ2) is 13.7. The largest absolute Gasteiger partial charge is 0.493 e. The highest BCUT2D eigenvalue weighted by Gasteiger charge is 2.13. The van der Waals surface area contributed by atoms with Crippen molar-refractivity contribution >= 4 is 29.9 Å². The first-order chi connectivity index (χ1) is 12.5. The monoisotopic (exact) mass is 494 g/mol. The van der Waals surface area contributed by atoms with E-state index in [0.717, 1.165) is 31.0 Å².